The number of furan rings is 1. The Kier molecular flexibility index (Phi) is 4.62. The lowest BCUT2D eigenvalue weighted by Crippen LogP contribution is -2.31. The van der Waals surface area contributed by atoms with Crippen molar-refractivity contribution in [3.63, 3.8) is 0 Å². The predicted molar refractivity (Wildman–Crippen MR) is 92.5 cm³/mol. The Morgan fingerprint density at radius 2 is 2.13 bits per heavy atom. The monoisotopic (exact) mass is 327 g/mol. The first-order valence-electron chi connectivity index (χ1n) is 7.32. The van der Waals surface area contributed by atoms with Gasteiger partial charge in [-0.15, -0.1) is 5.10 Å². The molecule has 3 rings (SSSR count). The molecule has 5 nitrogen and oxygen atoms in total. The van der Waals surface area contributed by atoms with Crippen LogP contribution >= 0.6 is 11.8 Å². The summed E-state index contributed by atoms with van der Waals surface area (Å²) >= 11 is 1.43. The first-order valence-corrected chi connectivity index (χ1v) is 8.20. The number of benzene rings is 1. The van der Waals surface area contributed by atoms with Crippen molar-refractivity contribution in [2.75, 3.05) is 0 Å². The fourth-order valence-corrected chi connectivity index (χ4v) is 3.19. The number of amidine groups is 1. The van der Waals surface area contributed by atoms with Gasteiger partial charge < -0.3 is 4.42 Å². The van der Waals surface area contributed by atoms with Crippen LogP contribution in [-0.2, 0) is 11.3 Å². The third-order valence-electron chi connectivity index (χ3n) is 3.59. The Balaban J connectivity index is 1.80. The van der Waals surface area contributed by atoms with E-state index in [0.717, 1.165) is 11.1 Å². The molecule has 1 aromatic carbocycles. The van der Waals surface area contributed by atoms with Crippen LogP contribution in [0.4, 0.5) is 0 Å². The summed E-state index contributed by atoms with van der Waals surface area (Å²) in [6.07, 6.45) is 3.11. The second-order valence-corrected chi connectivity index (χ2v) is 6.56. The van der Waals surface area contributed by atoms with E-state index in [1.165, 1.54) is 18.0 Å². The average Bonchev–Trinajstić information content (AvgIpc) is 3.14. The highest BCUT2D eigenvalue weighted by Gasteiger charge is 2.35. The Hall–Kier alpha value is -2.34. The number of thioether (sulfide) groups is 1. The van der Waals surface area contributed by atoms with Crippen LogP contribution < -0.4 is 0 Å². The van der Waals surface area contributed by atoms with E-state index in [9.17, 15) is 4.79 Å². The van der Waals surface area contributed by atoms with Gasteiger partial charge in [0.1, 0.15) is 5.76 Å². The number of carbonyl (C=O) groups excluding carboxylic acids is 1. The van der Waals surface area contributed by atoms with Crippen molar-refractivity contribution in [3.8, 4) is 0 Å². The highest BCUT2D eigenvalue weighted by molar-refractivity contribution is 8.15. The molecule has 1 unspecified atom stereocenters. The highest BCUT2D eigenvalue weighted by Crippen LogP contribution is 2.29. The number of carbonyl (C=O) groups is 1. The molecule has 1 amide bonds. The van der Waals surface area contributed by atoms with E-state index >= 15 is 0 Å². The molecule has 1 aliphatic heterocycles. The number of amides is 1. The Bertz CT molecular complexity index is 753. The van der Waals surface area contributed by atoms with Gasteiger partial charge in [-0.3, -0.25) is 9.69 Å². The zero-order valence-electron chi connectivity index (χ0n) is 13.0. The smallest absolute Gasteiger partial charge is 0.242 e. The molecule has 0 bridgehead atoms. The van der Waals surface area contributed by atoms with Gasteiger partial charge in [0.25, 0.3) is 0 Å². The molecular formula is C17H17N3O2S. The van der Waals surface area contributed by atoms with Crippen molar-refractivity contribution in [1.82, 2.24) is 4.90 Å². The van der Waals surface area contributed by atoms with E-state index in [1.54, 1.807) is 23.3 Å². The molecule has 6 heteroatoms. The van der Waals surface area contributed by atoms with Crippen LogP contribution in [0, 0.1) is 6.92 Å². The van der Waals surface area contributed by atoms with Gasteiger partial charge in [0.05, 0.1) is 24.3 Å². The predicted octanol–water partition coefficient (Wildman–Crippen LogP) is 3.44. The molecule has 1 fully saturated rings. The zero-order valence-corrected chi connectivity index (χ0v) is 13.8. The molecular weight excluding hydrogens is 310 g/mol. The maximum Gasteiger partial charge on any atom is 0.242 e. The second kappa shape index (κ2) is 6.83. The van der Waals surface area contributed by atoms with Crippen LogP contribution in [0.5, 0.6) is 0 Å². The Morgan fingerprint density at radius 3 is 2.87 bits per heavy atom. The van der Waals surface area contributed by atoms with Crippen molar-refractivity contribution in [2.24, 2.45) is 10.2 Å². The molecule has 0 aliphatic carbocycles. The van der Waals surface area contributed by atoms with Crippen molar-refractivity contribution >= 4 is 29.1 Å². The zero-order chi connectivity index (χ0) is 16.2. The number of rotatable bonds is 4. The fraction of sp³-hybridized carbons (Fsp3) is 0.235. The van der Waals surface area contributed by atoms with E-state index in [4.69, 9.17) is 4.42 Å². The van der Waals surface area contributed by atoms with Crippen molar-refractivity contribution in [3.05, 3.63) is 59.5 Å². The minimum atomic E-state index is -0.142. The largest absolute Gasteiger partial charge is 0.463 e. The minimum Gasteiger partial charge on any atom is -0.463 e. The van der Waals surface area contributed by atoms with Gasteiger partial charge in [0.15, 0.2) is 5.17 Å². The summed E-state index contributed by atoms with van der Waals surface area (Å²) in [5.41, 5.74) is 2.27. The summed E-state index contributed by atoms with van der Waals surface area (Å²) in [5.74, 6) is 0.687. The first-order chi connectivity index (χ1) is 11.1. The van der Waals surface area contributed by atoms with E-state index in [2.05, 4.69) is 10.2 Å². The third-order valence-corrected chi connectivity index (χ3v) is 4.66. The van der Waals surface area contributed by atoms with Crippen LogP contribution in [0.1, 0.15) is 23.8 Å². The maximum atomic E-state index is 12.4. The summed E-state index contributed by atoms with van der Waals surface area (Å²) in [6.45, 7) is 4.44. The van der Waals surface area contributed by atoms with Gasteiger partial charge in [0, 0.05) is 0 Å². The highest BCUT2D eigenvalue weighted by atomic mass is 32.2. The summed E-state index contributed by atoms with van der Waals surface area (Å²) in [5, 5.41) is 8.71. The molecule has 0 saturated carbocycles. The fourth-order valence-electron chi connectivity index (χ4n) is 2.27. The van der Waals surface area contributed by atoms with Gasteiger partial charge in [-0.2, -0.15) is 5.10 Å². The molecule has 2 heterocycles. The van der Waals surface area contributed by atoms with Gasteiger partial charge in [-0.05, 0) is 37.1 Å². The van der Waals surface area contributed by atoms with Crippen LogP contribution in [-0.4, -0.2) is 27.4 Å². The topological polar surface area (TPSA) is 58.2 Å². The number of hydrogen-bond acceptors (Lipinski definition) is 5. The number of aryl methyl sites for hydroxylation is 1. The summed E-state index contributed by atoms with van der Waals surface area (Å²) in [6, 6.07) is 11.6. The maximum absolute atomic E-state index is 12.4. The van der Waals surface area contributed by atoms with Gasteiger partial charge >= 0.3 is 0 Å². The lowest BCUT2D eigenvalue weighted by Gasteiger charge is -2.16. The third kappa shape index (κ3) is 3.53. The molecule has 0 N–H and O–H groups in total. The Morgan fingerprint density at radius 1 is 1.30 bits per heavy atom. The van der Waals surface area contributed by atoms with Crippen molar-refractivity contribution in [1.29, 1.82) is 0 Å². The lowest BCUT2D eigenvalue weighted by atomic mass is 10.1. The summed E-state index contributed by atoms with van der Waals surface area (Å²) < 4.78 is 5.17. The standard InChI is InChI=1S/C17H17N3O2S/c1-12-6-3-4-7-14(12)11-20-16(21)13(2)23-17(20)19-18-10-15-8-5-9-22-15/h3-10,13H,11H2,1-2H3/b18-10+,19-17?. The van der Waals surface area contributed by atoms with E-state index in [0.29, 0.717) is 17.5 Å². The van der Waals surface area contributed by atoms with Crippen LogP contribution in [0.15, 0.2) is 57.3 Å². The molecule has 1 saturated heterocycles. The van der Waals surface area contributed by atoms with Crippen LogP contribution in [0.3, 0.4) is 0 Å². The molecule has 0 radical (unpaired) electrons. The molecule has 1 atom stereocenters. The lowest BCUT2D eigenvalue weighted by molar-refractivity contribution is -0.126. The van der Waals surface area contributed by atoms with Gasteiger partial charge in [-0.25, -0.2) is 0 Å². The van der Waals surface area contributed by atoms with E-state index in [1.807, 2.05) is 38.1 Å². The van der Waals surface area contributed by atoms with Crippen molar-refractivity contribution < 1.29 is 9.21 Å². The summed E-state index contributed by atoms with van der Waals surface area (Å²) in [7, 11) is 0. The molecule has 0 spiro atoms. The average molecular weight is 327 g/mol. The van der Waals surface area contributed by atoms with Crippen LogP contribution in [0.2, 0.25) is 0 Å². The molecule has 23 heavy (non-hydrogen) atoms. The quantitative estimate of drug-likeness (QED) is 0.638. The molecule has 1 aliphatic rings. The molecule has 2 aromatic rings. The molecule has 118 valence electrons. The first kappa shape index (κ1) is 15.6. The van der Waals surface area contributed by atoms with E-state index in [-0.39, 0.29) is 11.2 Å². The van der Waals surface area contributed by atoms with Crippen molar-refractivity contribution in [2.45, 2.75) is 25.6 Å². The Labute approximate surface area is 139 Å². The minimum absolute atomic E-state index is 0.0604. The van der Waals surface area contributed by atoms with Crippen LogP contribution in [0.25, 0.3) is 0 Å². The number of hydrogen-bond donors (Lipinski definition) is 0. The van der Waals surface area contributed by atoms with Gasteiger partial charge in [0.2, 0.25) is 5.91 Å². The second-order valence-electron chi connectivity index (χ2n) is 5.25. The summed E-state index contributed by atoms with van der Waals surface area (Å²) in [4.78, 5) is 14.1. The number of nitrogens with zero attached hydrogens (tertiary/aromatic N) is 3. The SMILES string of the molecule is Cc1ccccc1CN1C(=O)C(C)SC1=N/N=C/c1ccco1. The van der Waals surface area contributed by atoms with E-state index < -0.39 is 0 Å². The van der Waals surface area contributed by atoms with Gasteiger partial charge in [-0.1, -0.05) is 36.0 Å². The normalized spacial score (nSPS) is 20.1. The molecule has 1 aromatic heterocycles.